The van der Waals surface area contributed by atoms with E-state index in [1.165, 1.54) is 4.31 Å². The van der Waals surface area contributed by atoms with Crippen LogP contribution in [-0.4, -0.2) is 47.1 Å². The zero-order valence-corrected chi connectivity index (χ0v) is 10.8. The Labute approximate surface area is 105 Å². The van der Waals surface area contributed by atoms with Gasteiger partial charge in [-0.05, 0) is 18.8 Å². The molecule has 0 saturated carbocycles. The number of carbonyl (C=O) groups is 1. The molecule has 18 heavy (non-hydrogen) atoms. The maximum Gasteiger partial charge on any atom is 0.340 e. The lowest BCUT2D eigenvalue weighted by Gasteiger charge is -2.28. The molecular formula is C10H15N3O4S. The largest absolute Gasteiger partial charge is 0.478 e. The maximum absolute atomic E-state index is 12.3. The molecule has 0 spiro atoms. The zero-order valence-electron chi connectivity index (χ0n) is 9.96. The van der Waals surface area contributed by atoms with Gasteiger partial charge in [-0.2, -0.15) is 9.40 Å². The molecule has 0 aromatic carbocycles. The van der Waals surface area contributed by atoms with Crippen LogP contribution in [0, 0.1) is 5.92 Å². The number of sulfonamides is 1. The molecule has 0 bridgehead atoms. The predicted octanol–water partition coefficient (Wildman–Crippen LogP) is 0.528. The Morgan fingerprint density at radius 1 is 1.50 bits per heavy atom. The topological polar surface area (TPSA) is 103 Å². The monoisotopic (exact) mass is 273 g/mol. The molecule has 1 aliphatic heterocycles. The van der Waals surface area contributed by atoms with Crippen LogP contribution in [0.25, 0.3) is 0 Å². The van der Waals surface area contributed by atoms with E-state index in [1.807, 2.05) is 0 Å². The molecule has 0 amide bonds. The predicted molar refractivity (Wildman–Crippen MR) is 62.7 cm³/mol. The Morgan fingerprint density at radius 2 is 2.11 bits per heavy atom. The van der Waals surface area contributed by atoms with E-state index < -0.39 is 16.0 Å². The van der Waals surface area contributed by atoms with Gasteiger partial charge in [-0.25, -0.2) is 13.2 Å². The van der Waals surface area contributed by atoms with Crippen molar-refractivity contribution in [2.24, 2.45) is 5.92 Å². The molecule has 1 saturated heterocycles. The van der Waals surface area contributed by atoms with Gasteiger partial charge in [-0.15, -0.1) is 0 Å². The van der Waals surface area contributed by atoms with Crippen molar-refractivity contribution in [2.45, 2.75) is 24.8 Å². The average molecular weight is 273 g/mol. The summed E-state index contributed by atoms with van der Waals surface area (Å²) in [7, 11) is -3.78. The van der Waals surface area contributed by atoms with Crippen molar-refractivity contribution in [3.05, 3.63) is 11.8 Å². The second-order valence-electron chi connectivity index (χ2n) is 4.50. The first kappa shape index (κ1) is 13.0. The van der Waals surface area contributed by atoms with Gasteiger partial charge in [0.25, 0.3) is 10.0 Å². The highest BCUT2D eigenvalue weighted by Gasteiger charge is 2.32. The van der Waals surface area contributed by atoms with Crippen LogP contribution in [0.4, 0.5) is 0 Å². The third-order valence-electron chi connectivity index (χ3n) is 3.18. The van der Waals surface area contributed by atoms with Crippen molar-refractivity contribution < 1.29 is 18.3 Å². The van der Waals surface area contributed by atoms with Gasteiger partial charge in [0.2, 0.25) is 0 Å². The van der Waals surface area contributed by atoms with Gasteiger partial charge in [0.15, 0.2) is 5.03 Å². The fourth-order valence-corrected chi connectivity index (χ4v) is 3.51. The van der Waals surface area contributed by atoms with E-state index in [0.29, 0.717) is 19.0 Å². The van der Waals surface area contributed by atoms with E-state index in [9.17, 15) is 13.2 Å². The van der Waals surface area contributed by atoms with Crippen molar-refractivity contribution >= 4 is 16.0 Å². The summed E-state index contributed by atoms with van der Waals surface area (Å²) >= 11 is 0. The number of nitrogens with zero attached hydrogens (tertiary/aromatic N) is 2. The van der Waals surface area contributed by atoms with Crippen LogP contribution in [-0.2, 0) is 10.0 Å². The number of hydrogen-bond acceptors (Lipinski definition) is 4. The summed E-state index contributed by atoms with van der Waals surface area (Å²) in [5, 5.41) is 14.4. The number of hydrogen-bond donors (Lipinski definition) is 2. The minimum Gasteiger partial charge on any atom is -0.478 e. The summed E-state index contributed by atoms with van der Waals surface area (Å²) in [5.41, 5.74) is -0.311. The van der Waals surface area contributed by atoms with Gasteiger partial charge in [0, 0.05) is 13.1 Å². The first-order chi connectivity index (χ1) is 8.43. The quantitative estimate of drug-likeness (QED) is 0.836. The molecular weight excluding hydrogens is 258 g/mol. The van der Waals surface area contributed by atoms with Crippen molar-refractivity contribution in [3.8, 4) is 0 Å². The average Bonchev–Trinajstić information content (AvgIpc) is 2.79. The van der Waals surface area contributed by atoms with Crippen LogP contribution in [0.3, 0.4) is 0 Å². The second kappa shape index (κ2) is 4.69. The maximum atomic E-state index is 12.3. The first-order valence-electron chi connectivity index (χ1n) is 5.69. The minimum absolute atomic E-state index is 0.311. The third-order valence-corrected chi connectivity index (χ3v) is 5.05. The summed E-state index contributed by atoms with van der Waals surface area (Å²) in [6.45, 7) is 2.91. The molecule has 0 aliphatic carbocycles. The van der Waals surface area contributed by atoms with E-state index >= 15 is 0 Å². The summed E-state index contributed by atoms with van der Waals surface area (Å²) in [5.74, 6) is -0.801. The molecule has 100 valence electrons. The molecule has 1 aromatic heterocycles. The molecule has 0 unspecified atom stereocenters. The summed E-state index contributed by atoms with van der Waals surface area (Å²) in [6.07, 6.45) is 2.59. The van der Waals surface area contributed by atoms with Gasteiger partial charge < -0.3 is 5.11 Å². The van der Waals surface area contributed by atoms with Crippen molar-refractivity contribution in [1.29, 1.82) is 0 Å². The highest BCUT2D eigenvalue weighted by atomic mass is 32.2. The van der Waals surface area contributed by atoms with Crippen LogP contribution in [0.1, 0.15) is 30.1 Å². The third kappa shape index (κ3) is 2.25. The van der Waals surface area contributed by atoms with Crippen LogP contribution >= 0.6 is 0 Å². The lowest BCUT2D eigenvalue weighted by molar-refractivity contribution is 0.0692. The number of H-pyrrole nitrogens is 1. The molecule has 1 aliphatic rings. The first-order valence-corrected chi connectivity index (χ1v) is 7.13. The van der Waals surface area contributed by atoms with Crippen molar-refractivity contribution in [2.75, 3.05) is 13.1 Å². The van der Waals surface area contributed by atoms with Gasteiger partial charge in [-0.1, -0.05) is 6.92 Å². The van der Waals surface area contributed by atoms with E-state index in [0.717, 1.165) is 19.0 Å². The molecule has 2 rings (SSSR count). The fraction of sp³-hybridized carbons (Fsp3) is 0.600. The van der Waals surface area contributed by atoms with E-state index in [4.69, 9.17) is 5.11 Å². The van der Waals surface area contributed by atoms with Gasteiger partial charge in [0.05, 0.1) is 6.20 Å². The van der Waals surface area contributed by atoms with E-state index in [2.05, 4.69) is 17.1 Å². The van der Waals surface area contributed by atoms with Crippen LogP contribution in [0.15, 0.2) is 11.2 Å². The summed E-state index contributed by atoms with van der Waals surface area (Å²) in [6, 6.07) is 0. The number of nitrogens with one attached hydrogen (secondary N) is 1. The minimum atomic E-state index is -3.78. The normalized spacial score (nSPS) is 18.9. The number of carboxylic acids is 1. The van der Waals surface area contributed by atoms with Gasteiger partial charge >= 0.3 is 5.97 Å². The number of aromatic amines is 1. The van der Waals surface area contributed by atoms with E-state index in [-0.39, 0.29) is 10.6 Å². The molecule has 2 heterocycles. The van der Waals surface area contributed by atoms with Crippen molar-refractivity contribution in [3.63, 3.8) is 0 Å². The Bertz CT molecular complexity index is 543. The molecule has 0 radical (unpaired) electrons. The lowest BCUT2D eigenvalue weighted by atomic mass is 10.0. The van der Waals surface area contributed by atoms with Crippen LogP contribution < -0.4 is 0 Å². The number of aromatic carboxylic acids is 1. The van der Waals surface area contributed by atoms with Gasteiger partial charge in [0.1, 0.15) is 5.56 Å². The smallest absolute Gasteiger partial charge is 0.340 e. The molecule has 7 nitrogen and oxygen atoms in total. The van der Waals surface area contributed by atoms with E-state index in [1.54, 1.807) is 0 Å². The van der Waals surface area contributed by atoms with Crippen LogP contribution in [0.5, 0.6) is 0 Å². The lowest BCUT2D eigenvalue weighted by Crippen LogP contribution is -2.38. The Morgan fingerprint density at radius 3 is 2.67 bits per heavy atom. The molecule has 2 N–H and O–H groups in total. The Balaban J connectivity index is 2.31. The summed E-state index contributed by atoms with van der Waals surface area (Å²) < 4.78 is 25.9. The number of piperidine rings is 1. The van der Waals surface area contributed by atoms with Gasteiger partial charge in [-0.3, -0.25) is 5.10 Å². The molecule has 1 aromatic rings. The number of carboxylic acid groups (broad SMARTS) is 1. The van der Waals surface area contributed by atoms with Crippen molar-refractivity contribution in [1.82, 2.24) is 14.5 Å². The molecule has 8 heteroatoms. The highest BCUT2D eigenvalue weighted by Crippen LogP contribution is 2.24. The number of rotatable bonds is 3. The molecule has 0 atom stereocenters. The Hall–Kier alpha value is -1.41. The second-order valence-corrected chi connectivity index (χ2v) is 6.38. The van der Waals surface area contributed by atoms with Crippen LogP contribution in [0.2, 0.25) is 0 Å². The number of aromatic nitrogens is 2. The molecule has 1 fully saturated rings. The zero-order chi connectivity index (χ0) is 13.3. The fourth-order valence-electron chi connectivity index (χ4n) is 1.98. The highest BCUT2D eigenvalue weighted by molar-refractivity contribution is 7.89. The SMILES string of the molecule is CC1CCN(S(=O)(=O)c2[nH]ncc2C(=O)O)CC1. The standard InChI is InChI=1S/C10H15N3O4S/c1-7-2-4-13(5-3-7)18(16,17)9-8(10(14)15)6-11-12-9/h6-7H,2-5H2,1H3,(H,11,12)(H,14,15). The summed E-state index contributed by atoms with van der Waals surface area (Å²) in [4.78, 5) is 10.9. The Kier molecular flexibility index (Phi) is 3.40.